The maximum absolute atomic E-state index is 12.7. The number of anilines is 2. The van der Waals surface area contributed by atoms with Crippen LogP contribution in [0.25, 0.3) is 0 Å². The average Bonchev–Trinajstić information content (AvgIpc) is 2.68. The number of rotatable bonds is 7. The Hall–Kier alpha value is -2.73. The molecule has 0 atom stereocenters. The molecular weight excluding hydrogens is 392 g/mol. The number of para-hydroxylation sites is 1. The van der Waals surface area contributed by atoms with Crippen LogP contribution >= 0.6 is 15.9 Å². The summed E-state index contributed by atoms with van der Waals surface area (Å²) in [6, 6.07) is 17.2. The van der Waals surface area contributed by atoms with E-state index in [-0.39, 0.29) is 7.21 Å². The van der Waals surface area contributed by atoms with Gasteiger partial charge in [0.15, 0.2) is 0 Å². The summed E-state index contributed by atoms with van der Waals surface area (Å²) in [6.07, 6.45) is 1.68. The molecular formula is C20H21BrN4O. The van der Waals surface area contributed by atoms with Gasteiger partial charge in [-0.2, -0.15) is 0 Å². The monoisotopic (exact) mass is 412 g/mol. The van der Waals surface area contributed by atoms with Crippen molar-refractivity contribution in [3.8, 4) is 0 Å². The first-order chi connectivity index (χ1) is 12.6. The van der Waals surface area contributed by atoms with Gasteiger partial charge in [-0.15, -0.1) is 0 Å². The zero-order valence-electron chi connectivity index (χ0n) is 14.4. The second-order valence-electron chi connectivity index (χ2n) is 5.74. The van der Waals surface area contributed by atoms with Crippen LogP contribution in [-0.2, 0) is 0 Å². The Bertz CT molecular complexity index is 905. The molecule has 0 fully saturated rings. The standard InChI is InChI=1S/C20H19BrN4O.H2/c1-14-17(12-15(21)13-24-14)20(26)18-8-5-9-19(25-18)23-11-10-22-16-6-3-2-4-7-16;/h2-9,12-13,22H,10-11H2,1H3,(H,23,25);1H. The molecule has 2 heterocycles. The summed E-state index contributed by atoms with van der Waals surface area (Å²) in [6.45, 7) is 3.26. The fourth-order valence-corrected chi connectivity index (χ4v) is 2.82. The lowest BCUT2D eigenvalue weighted by atomic mass is 10.1. The average molecular weight is 413 g/mol. The van der Waals surface area contributed by atoms with Gasteiger partial charge in [-0.1, -0.05) is 24.3 Å². The molecule has 2 N–H and O–H groups in total. The number of pyridine rings is 2. The minimum absolute atomic E-state index is 0. The van der Waals surface area contributed by atoms with Gasteiger partial charge in [0, 0.05) is 42.1 Å². The third-order valence-electron chi connectivity index (χ3n) is 3.81. The van der Waals surface area contributed by atoms with Crippen LogP contribution in [0, 0.1) is 6.92 Å². The predicted octanol–water partition coefficient (Wildman–Crippen LogP) is 4.55. The van der Waals surface area contributed by atoms with Gasteiger partial charge in [0.25, 0.3) is 0 Å². The molecule has 0 saturated heterocycles. The van der Waals surface area contributed by atoms with Crippen molar-refractivity contribution in [2.24, 2.45) is 0 Å². The van der Waals surface area contributed by atoms with Crippen molar-refractivity contribution >= 4 is 33.2 Å². The van der Waals surface area contributed by atoms with Crippen molar-refractivity contribution < 1.29 is 6.22 Å². The molecule has 26 heavy (non-hydrogen) atoms. The molecule has 0 bridgehead atoms. The predicted molar refractivity (Wildman–Crippen MR) is 110 cm³/mol. The van der Waals surface area contributed by atoms with E-state index < -0.39 is 0 Å². The van der Waals surface area contributed by atoms with Gasteiger partial charge < -0.3 is 10.6 Å². The lowest BCUT2D eigenvalue weighted by Gasteiger charge is -2.10. The maximum atomic E-state index is 12.7. The zero-order chi connectivity index (χ0) is 18.4. The van der Waals surface area contributed by atoms with E-state index in [2.05, 4.69) is 36.5 Å². The number of halogens is 1. The highest BCUT2D eigenvalue weighted by atomic mass is 79.9. The summed E-state index contributed by atoms with van der Waals surface area (Å²) in [4.78, 5) is 21.4. The Labute approximate surface area is 162 Å². The number of hydrogen-bond acceptors (Lipinski definition) is 5. The van der Waals surface area contributed by atoms with E-state index in [0.29, 0.717) is 29.3 Å². The fourth-order valence-electron chi connectivity index (χ4n) is 2.49. The first-order valence-corrected chi connectivity index (χ1v) is 9.09. The van der Waals surface area contributed by atoms with Crippen molar-refractivity contribution in [3.05, 3.63) is 82.2 Å². The highest BCUT2D eigenvalue weighted by Gasteiger charge is 2.15. The van der Waals surface area contributed by atoms with Crippen molar-refractivity contribution in [1.29, 1.82) is 0 Å². The van der Waals surface area contributed by atoms with Gasteiger partial charge in [0.2, 0.25) is 5.78 Å². The maximum Gasteiger partial charge on any atom is 0.213 e. The third-order valence-corrected chi connectivity index (χ3v) is 4.25. The molecule has 0 amide bonds. The van der Waals surface area contributed by atoms with E-state index in [1.54, 1.807) is 18.3 Å². The Balaban J connectivity index is 0.00000261. The van der Waals surface area contributed by atoms with Gasteiger partial charge in [0.1, 0.15) is 11.5 Å². The summed E-state index contributed by atoms with van der Waals surface area (Å²) in [5.74, 6) is 0.536. The Morgan fingerprint density at radius 3 is 2.65 bits per heavy atom. The van der Waals surface area contributed by atoms with Gasteiger partial charge in [-0.05, 0) is 53.2 Å². The van der Waals surface area contributed by atoms with Crippen molar-refractivity contribution in [1.82, 2.24) is 9.97 Å². The normalized spacial score (nSPS) is 10.4. The van der Waals surface area contributed by atoms with Gasteiger partial charge in [-0.25, -0.2) is 4.98 Å². The number of carbonyl (C=O) groups is 1. The van der Waals surface area contributed by atoms with E-state index in [1.807, 2.05) is 49.4 Å². The third kappa shape index (κ3) is 4.67. The highest BCUT2D eigenvalue weighted by molar-refractivity contribution is 9.10. The molecule has 134 valence electrons. The number of carbonyl (C=O) groups excluding carboxylic acids is 1. The van der Waals surface area contributed by atoms with Crippen molar-refractivity contribution in [3.63, 3.8) is 0 Å². The molecule has 3 rings (SSSR count). The number of aryl methyl sites for hydroxylation is 1. The number of benzene rings is 1. The molecule has 0 radical (unpaired) electrons. The topological polar surface area (TPSA) is 66.9 Å². The Morgan fingerprint density at radius 2 is 1.85 bits per heavy atom. The Morgan fingerprint density at radius 1 is 1.08 bits per heavy atom. The first-order valence-electron chi connectivity index (χ1n) is 8.30. The van der Waals surface area contributed by atoms with Crippen molar-refractivity contribution in [2.45, 2.75) is 6.92 Å². The summed E-state index contributed by atoms with van der Waals surface area (Å²) in [5.41, 5.74) is 2.71. The zero-order valence-corrected chi connectivity index (χ0v) is 16.0. The molecule has 0 aliphatic carbocycles. The quantitative estimate of drug-likeness (QED) is 0.440. The number of nitrogens with zero attached hydrogens (tertiary/aromatic N) is 2. The second-order valence-corrected chi connectivity index (χ2v) is 6.66. The van der Waals surface area contributed by atoms with Crippen LogP contribution in [0.2, 0.25) is 0 Å². The molecule has 0 spiro atoms. The van der Waals surface area contributed by atoms with E-state index in [9.17, 15) is 4.79 Å². The SMILES string of the molecule is Cc1ncc(Br)cc1C(=O)c1cccc(NCCNc2ccccc2)n1.[HH]. The Kier molecular flexibility index (Phi) is 5.96. The van der Waals surface area contributed by atoms with E-state index >= 15 is 0 Å². The number of nitrogens with one attached hydrogen (secondary N) is 2. The van der Waals surface area contributed by atoms with Gasteiger partial charge in [-0.3, -0.25) is 9.78 Å². The van der Waals surface area contributed by atoms with Crippen molar-refractivity contribution in [2.75, 3.05) is 23.7 Å². The van der Waals surface area contributed by atoms with E-state index in [4.69, 9.17) is 0 Å². The van der Waals surface area contributed by atoms with Crippen LogP contribution in [0.4, 0.5) is 11.5 Å². The summed E-state index contributed by atoms with van der Waals surface area (Å²) >= 11 is 3.36. The van der Waals surface area contributed by atoms with E-state index in [1.165, 1.54) is 0 Å². The number of ketones is 1. The lowest BCUT2D eigenvalue weighted by Crippen LogP contribution is -2.15. The first kappa shape index (κ1) is 18.1. The molecule has 2 aromatic heterocycles. The summed E-state index contributed by atoms with van der Waals surface area (Å²) in [7, 11) is 0. The minimum Gasteiger partial charge on any atom is -0.383 e. The van der Waals surface area contributed by atoms with E-state index in [0.717, 1.165) is 16.7 Å². The van der Waals surface area contributed by atoms with Crippen LogP contribution in [0.15, 0.2) is 65.3 Å². The lowest BCUT2D eigenvalue weighted by molar-refractivity contribution is 0.103. The fraction of sp³-hybridized carbons (Fsp3) is 0.150. The van der Waals surface area contributed by atoms with Crippen LogP contribution in [0.1, 0.15) is 23.2 Å². The molecule has 0 saturated carbocycles. The van der Waals surface area contributed by atoms with Gasteiger partial charge >= 0.3 is 0 Å². The molecule has 1 aromatic carbocycles. The van der Waals surface area contributed by atoms with Crippen LogP contribution in [0.5, 0.6) is 0 Å². The molecule has 6 heteroatoms. The molecule has 0 aliphatic rings. The van der Waals surface area contributed by atoms with Crippen LogP contribution < -0.4 is 10.6 Å². The van der Waals surface area contributed by atoms with Crippen LogP contribution in [0.3, 0.4) is 0 Å². The molecule has 0 unspecified atom stereocenters. The summed E-state index contributed by atoms with van der Waals surface area (Å²) < 4.78 is 0.771. The van der Waals surface area contributed by atoms with Crippen LogP contribution in [-0.4, -0.2) is 28.8 Å². The number of aromatic nitrogens is 2. The largest absolute Gasteiger partial charge is 0.383 e. The highest BCUT2D eigenvalue weighted by Crippen LogP contribution is 2.17. The second kappa shape index (κ2) is 8.58. The van der Waals surface area contributed by atoms with Gasteiger partial charge in [0.05, 0.1) is 0 Å². The molecule has 5 nitrogen and oxygen atoms in total. The molecule has 3 aromatic rings. The smallest absolute Gasteiger partial charge is 0.213 e. The minimum atomic E-state index is -0.137. The molecule has 0 aliphatic heterocycles. The number of hydrogen-bond donors (Lipinski definition) is 2. The summed E-state index contributed by atoms with van der Waals surface area (Å²) in [5, 5.41) is 6.56.